The Hall–Kier alpha value is -2.05. The first-order chi connectivity index (χ1) is 15.3. The molecule has 0 saturated carbocycles. The number of amides is 1. The fraction of sp³-hybridized carbons (Fsp3) is 0.240. The molecule has 166 valence electrons. The molecule has 1 unspecified atom stereocenters. The van der Waals surface area contributed by atoms with Crippen LogP contribution in [0.1, 0.15) is 28.8 Å². The van der Waals surface area contributed by atoms with E-state index in [-0.39, 0.29) is 11.9 Å². The van der Waals surface area contributed by atoms with Crippen LogP contribution in [0.15, 0.2) is 71.2 Å². The molecule has 1 amide bonds. The Morgan fingerprint density at radius 1 is 1.06 bits per heavy atom. The zero-order valence-electron chi connectivity index (χ0n) is 17.5. The number of rotatable bonds is 4. The highest BCUT2D eigenvalue weighted by molar-refractivity contribution is 9.10. The van der Waals surface area contributed by atoms with Crippen molar-refractivity contribution in [2.24, 2.45) is 0 Å². The largest absolute Gasteiger partial charge is 0.378 e. The Kier molecular flexibility index (Phi) is 7.11. The second-order valence-corrected chi connectivity index (χ2v) is 9.72. The summed E-state index contributed by atoms with van der Waals surface area (Å²) in [6.45, 7) is 3.51. The number of anilines is 1. The summed E-state index contributed by atoms with van der Waals surface area (Å²) in [5.74, 6) is -0.309. The lowest BCUT2D eigenvalue weighted by atomic mass is 10.00. The van der Waals surface area contributed by atoms with Crippen LogP contribution in [-0.2, 0) is 4.79 Å². The van der Waals surface area contributed by atoms with Gasteiger partial charge in [0.05, 0.1) is 16.8 Å². The Morgan fingerprint density at radius 2 is 1.81 bits per heavy atom. The number of carbonyl (C=O) groups excluding carboxylic acids is 1. The van der Waals surface area contributed by atoms with Gasteiger partial charge in [0.1, 0.15) is 0 Å². The van der Waals surface area contributed by atoms with Crippen molar-refractivity contribution in [3.63, 3.8) is 0 Å². The van der Waals surface area contributed by atoms with Crippen molar-refractivity contribution >= 4 is 50.7 Å². The fourth-order valence-corrected chi connectivity index (χ4v) is 4.97. The van der Waals surface area contributed by atoms with Gasteiger partial charge in [-0.1, -0.05) is 69.5 Å². The Morgan fingerprint density at radius 3 is 2.50 bits per heavy atom. The first kappa shape index (κ1) is 23.1. The lowest BCUT2D eigenvalue weighted by Crippen LogP contribution is -2.51. The average molecular weight is 534 g/mol. The fourth-order valence-electron chi connectivity index (χ4n) is 4.08. The number of piperazine rings is 1. The summed E-state index contributed by atoms with van der Waals surface area (Å²) >= 11 is 16.1. The van der Waals surface area contributed by atoms with Gasteiger partial charge in [-0.05, 0) is 60.0 Å². The number of halogens is 3. The topological polar surface area (TPSA) is 43.8 Å². The average Bonchev–Trinajstić information content (AvgIpc) is 2.78. The molecule has 0 radical (unpaired) electrons. The van der Waals surface area contributed by atoms with Crippen LogP contribution in [0.3, 0.4) is 0 Å². The maximum Gasteiger partial charge on any atom is 0.256 e. The normalized spacial score (nSPS) is 17.3. The molecule has 0 aliphatic carbocycles. The molecule has 0 aromatic heterocycles. The summed E-state index contributed by atoms with van der Waals surface area (Å²) in [5.41, 5.74) is 3.61. The molecule has 1 aliphatic heterocycles. The van der Waals surface area contributed by atoms with E-state index in [1.807, 2.05) is 61.5 Å². The number of hydrogen-bond acceptors (Lipinski definition) is 3. The zero-order valence-corrected chi connectivity index (χ0v) is 20.6. The molecule has 4 rings (SSSR count). The lowest BCUT2D eigenvalue weighted by Gasteiger charge is -2.44. The van der Waals surface area contributed by atoms with Crippen molar-refractivity contribution in [3.05, 3.63) is 97.9 Å². The van der Waals surface area contributed by atoms with Gasteiger partial charge in [-0.15, -0.1) is 0 Å². The molecule has 3 aromatic rings. The molecule has 2 atom stereocenters. The minimum Gasteiger partial charge on any atom is -0.378 e. The summed E-state index contributed by atoms with van der Waals surface area (Å²) < 4.78 is 0.819. The van der Waals surface area contributed by atoms with Crippen LogP contribution >= 0.6 is 39.1 Å². The highest BCUT2D eigenvalue weighted by atomic mass is 79.9. The van der Waals surface area contributed by atoms with E-state index in [0.717, 1.165) is 21.3 Å². The number of aliphatic hydroxyl groups is 1. The van der Waals surface area contributed by atoms with Crippen molar-refractivity contribution in [2.75, 3.05) is 24.5 Å². The van der Waals surface area contributed by atoms with E-state index in [4.69, 9.17) is 23.2 Å². The first-order valence-corrected chi connectivity index (χ1v) is 11.9. The Bertz CT molecular complexity index is 1120. The molecule has 0 bridgehead atoms. The third-order valence-electron chi connectivity index (χ3n) is 5.76. The highest BCUT2D eigenvalue weighted by Gasteiger charge is 2.34. The van der Waals surface area contributed by atoms with Gasteiger partial charge in [-0.2, -0.15) is 0 Å². The van der Waals surface area contributed by atoms with Gasteiger partial charge in [0.25, 0.3) is 5.91 Å². The van der Waals surface area contributed by atoms with Gasteiger partial charge in [-0.25, -0.2) is 0 Å². The van der Waals surface area contributed by atoms with Gasteiger partial charge >= 0.3 is 0 Å². The number of nitrogens with zero attached hydrogens (tertiary/aromatic N) is 2. The van der Waals surface area contributed by atoms with E-state index < -0.39 is 6.10 Å². The predicted molar refractivity (Wildman–Crippen MR) is 133 cm³/mol. The van der Waals surface area contributed by atoms with E-state index >= 15 is 0 Å². The van der Waals surface area contributed by atoms with Crippen LogP contribution in [0.4, 0.5) is 5.69 Å². The van der Waals surface area contributed by atoms with E-state index in [2.05, 4.69) is 20.8 Å². The van der Waals surface area contributed by atoms with Crippen molar-refractivity contribution in [2.45, 2.75) is 19.1 Å². The first-order valence-electron chi connectivity index (χ1n) is 10.3. The van der Waals surface area contributed by atoms with E-state index in [0.29, 0.717) is 35.2 Å². The van der Waals surface area contributed by atoms with Gasteiger partial charge in [0, 0.05) is 29.1 Å². The summed E-state index contributed by atoms with van der Waals surface area (Å²) in [6.07, 6.45) is -1.21. The minimum absolute atomic E-state index is 0.125. The third-order valence-corrected chi connectivity index (χ3v) is 6.81. The number of aryl methyl sites for hydroxylation is 1. The zero-order chi connectivity index (χ0) is 22.8. The standard InChI is InChI=1S/C25H23BrCl2N2O2/c1-16-5-10-22(21(28)13-16)30-12-11-29(15-23(30)17-6-8-20(27)9-7-17)25(32)24(31)18-3-2-4-19(26)14-18/h2-10,13-14,23-24,31H,11-12,15H2,1H3/t23-,24?/m0/s1. The van der Waals surface area contributed by atoms with Crippen molar-refractivity contribution in [1.82, 2.24) is 4.90 Å². The molecule has 1 heterocycles. The summed E-state index contributed by atoms with van der Waals surface area (Å²) in [6, 6.07) is 20.7. The molecule has 0 spiro atoms. The van der Waals surface area contributed by atoms with Crippen molar-refractivity contribution in [3.8, 4) is 0 Å². The maximum atomic E-state index is 13.2. The Labute approximate surface area is 206 Å². The number of benzene rings is 3. The number of carbonyl (C=O) groups is 1. The van der Waals surface area contributed by atoms with E-state index in [1.165, 1.54) is 0 Å². The predicted octanol–water partition coefficient (Wildman–Crippen LogP) is 6.19. The molecule has 3 aromatic carbocycles. The minimum atomic E-state index is -1.21. The summed E-state index contributed by atoms with van der Waals surface area (Å²) in [4.78, 5) is 17.1. The third kappa shape index (κ3) is 4.96. The molecule has 32 heavy (non-hydrogen) atoms. The number of aliphatic hydroxyl groups excluding tert-OH is 1. The molecule has 1 N–H and O–H groups in total. The van der Waals surface area contributed by atoms with Crippen molar-refractivity contribution in [1.29, 1.82) is 0 Å². The van der Waals surface area contributed by atoms with Gasteiger partial charge in [-0.3, -0.25) is 4.79 Å². The van der Waals surface area contributed by atoms with Gasteiger partial charge < -0.3 is 14.9 Å². The second-order valence-electron chi connectivity index (χ2n) is 7.96. The van der Waals surface area contributed by atoms with Gasteiger partial charge in [0.2, 0.25) is 0 Å². The van der Waals surface area contributed by atoms with Crippen LogP contribution in [0.5, 0.6) is 0 Å². The number of hydrogen-bond donors (Lipinski definition) is 1. The lowest BCUT2D eigenvalue weighted by molar-refractivity contribution is -0.141. The summed E-state index contributed by atoms with van der Waals surface area (Å²) in [7, 11) is 0. The Balaban J connectivity index is 1.64. The van der Waals surface area contributed by atoms with Crippen LogP contribution < -0.4 is 4.90 Å². The van der Waals surface area contributed by atoms with Crippen LogP contribution in [0, 0.1) is 6.92 Å². The smallest absolute Gasteiger partial charge is 0.256 e. The highest BCUT2D eigenvalue weighted by Crippen LogP contribution is 2.36. The van der Waals surface area contributed by atoms with Crippen LogP contribution in [0.25, 0.3) is 0 Å². The van der Waals surface area contributed by atoms with Crippen LogP contribution in [0.2, 0.25) is 10.0 Å². The van der Waals surface area contributed by atoms with E-state index in [9.17, 15) is 9.90 Å². The van der Waals surface area contributed by atoms with Gasteiger partial charge in [0.15, 0.2) is 6.10 Å². The SMILES string of the molecule is Cc1ccc(N2CCN(C(=O)C(O)c3cccc(Br)c3)C[C@H]2c2ccc(Cl)cc2)c(Cl)c1. The van der Waals surface area contributed by atoms with E-state index in [1.54, 1.807) is 17.0 Å². The monoisotopic (exact) mass is 532 g/mol. The molecule has 1 saturated heterocycles. The molecule has 7 heteroatoms. The molecule has 1 aliphatic rings. The molecular formula is C25H23BrCl2N2O2. The summed E-state index contributed by atoms with van der Waals surface area (Å²) in [5, 5.41) is 12.1. The van der Waals surface area contributed by atoms with Crippen LogP contribution in [-0.4, -0.2) is 35.5 Å². The molecular weight excluding hydrogens is 511 g/mol. The quantitative estimate of drug-likeness (QED) is 0.435. The second kappa shape index (κ2) is 9.84. The maximum absolute atomic E-state index is 13.2. The molecule has 4 nitrogen and oxygen atoms in total. The van der Waals surface area contributed by atoms with Crippen molar-refractivity contribution < 1.29 is 9.90 Å². The molecule has 1 fully saturated rings.